The number of piperidine rings is 1. The first-order chi connectivity index (χ1) is 17.6. The molecule has 0 unspecified atom stereocenters. The molecule has 0 saturated carbocycles. The monoisotopic (exact) mass is 487 g/mol. The van der Waals surface area contributed by atoms with Crippen molar-refractivity contribution in [1.82, 2.24) is 14.9 Å². The number of β-amino-alcohol motifs (C(OH)–C–C–N with tert-alkyl or cyclic N) is 1. The Hall–Kier alpha value is -3.75. The Bertz CT molecular complexity index is 1340. The van der Waals surface area contributed by atoms with Gasteiger partial charge in [0.1, 0.15) is 17.7 Å². The minimum absolute atomic E-state index is 0.0433. The molecule has 2 heterocycles. The Kier molecular flexibility index (Phi) is 7.25. The second kappa shape index (κ2) is 10.9. The van der Waals surface area contributed by atoms with Crippen molar-refractivity contribution in [2.24, 2.45) is 0 Å². The van der Waals surface area contributed by atoms with Gasteiger partial charge in [-0.15, -0.1) is 0 Å². The van der Waals surface area contributed by atoms with E-state index in [1.807, 2.05) is 43.4 Å². The van der Waals surface area contributed by atoms with E-state index in [0.717, 1.165) is 53.6 Å². The fraction of sp³-hybridized carbons (Fsp3) is 0.286. The van der Waals surface area contributed by atoms with Crippen LogP contribution < -0.4 is 15.4 Å². The quantitative estimate of drug-likeness (QED) is 0.321. The second-order valence-corrected chi connectivity index (χ2v) is 8.92. The maximum atomic E-state index is 15.0. The third-order valence-electron chi connectivity index (χ3n) is 6.51. The predicted octanol–water partition coefficient (Wildman–Crippen LogP) is 5.06. The summed E-state index contributed by atoms with van der Waals surface area (Å²) in [6.45, 7) is 2.58. The van der Waals surface area contributed by atoms with Gasteiger partial charge in [0, 0.05) is 55.6 Å². The van der Waals surface area contributed by atoms with Crippen molar-refractivity contribution in [3.63, 3.8) is 0 Å². The van der Waals surface area contributed by atoms with Gasteiger partial charge in [-0.2, -0.15) is 0 Å². The molecule has 1 fully saturated rings. The predicted molar refractivity (Wildman–Crippen MR) is 141 cm³/mol. The van der Waals surface area contributed by atoms with E-state index in [1.54, 1.807) is 18.3 Å². The number of para-hydroxylation sites is 1. The number of hydrogen-bond donors (Lipinski definition) is 3. The van der Waals surface area contributed by atoms with E-state index < -0.39 is 5.82 Å². The minimum atomic E-state index is -0.427. The molecule has 7 nitrogen and oxygen atoms in total. The van der Waals surface area contributed by atoms with Gasteiger partial charge >= 0.3 is 0 Å². The summed E-state index contributed by atoms with van der Waals surface area (Å²) in [5.74, 6) is 0.400. The van der Waals surface area contributed by atoms with Crippen LogP contribution in [0.1, 0.15) is 12.8 Å². The molecule has 186 valence electrons. The Morgan fingerprint density at radius 1 is 1.08 bits per heavy atom. The maximum absolute atomic E-state index is 15.0. The fourth-order valence-electron chi connectivity index (χ4n) is 4.57. The van der Waals surface area contributed by atoms with E-state index in [9.17, 15) is 4.39 Å². The summed E-state index contributed by atoms with van der Waals surface area (Å²) in [4.78, 5) is 11.3. The SMILES string of the molecule is CNc1cccc(-c2cccc3cnc(Nc4ccc(OC5CCN(CCO)CC5)cc4F)nc23)c1. The minimum Gasteiger partial charge on any atom is -0.490 e. The van der Waals surface area contributed by atoms with Crippen LogP contribution in [0.4, 0.5) is 21.7 Å². The Labute approximate surface area is 210 Å². The summed E-state index contributed by atoms with van der Waals surface area (Å²) < 4.78 is 21.0. The summed E-state index contributed by atoms with van der Waals surface area (Å²) >= 11 is 0. The molecule has 0 spiro atoms. The Morgan fingerprint density at radius 3 is 2.69 bits per heavy atom. The molecule has 0 radical (unpaired) electrons. The lowest BCUT2D eigenvalue weighted by Crippen LogP contribution is -2.39. The van der Waals surface area contributed by atoms with Crippen molar-refractivity contribution in [2.75, 3.05) is 43.9 Å². The number of ether oxygens (including phenoxy) is 1. The molecule has 8 heteroatoms. The van der Waals surface area contributed by atoms with E-state index in [1.165, 1.54) is 6.07 Å². The summed E-state index contributed by atoms with van der Waals surface area (Å²) in [5, 5.41) is 16.2. The molecule has 3 aromatic carbocycles. The first-order valence-corrected chi connectivity index (χ1v) is 12.2. The zero-order valence-corrected chi connectivity index (χ0v) is 20.2. The molecule has 1 aliphatic heterocycles. The number of fused-ring (bicyclic) bond motifs is 1. The smallest absolute Gasteiger partial charge is 0.227 e. The Balaban J connectivity index is 1.33. The van der Waals surface area contributed by atoms with E-state index in [4.69, 9.17) is 14.8 Å². The number of aromatic nitrogens is 2. The third-order valence-corrected chi connectivity index (χ3v) is 6.51. The van der Waals surface area contributed by atoms with Gasteiger partial charge in [0.05, 0.1) is 17.8 Å². The molecule has 0 bridgehead atoms. The number of halogens is 1. The topological polar surface area (TPSA) is 82.5 Å². The van der Waals surface area contributed by atoms with Gasteiger partial charge < -0.3 is 25.4 Å². The molecule has 5 rings (SSSR count). The van der Waals surface area contributed by atoms with Crippen molar-refractivity contribution in [3.05, 3.63) is 72.7 Å². The molecule has 0 atom stereocenters. The van der Waals surface area contributed by atoms with Gasteiger partial charge in [0.25, 0.3) is 0 Å². The van der Waals surface area contributed by atoms with Crippen LogP contribution in [0.25, 0.3) is 22.0 Å². The van der Waals surface area contributed by atoms with Gasteiger partial charge in [-0.3, -0.25) is 0 Å². The standard InChI is InChI=1S/C28H30FN5O2/c1-30-21-6-2-4-19(16-21)24-7-3-5-20-18-31-28(33-27(20)24)32-26-9-8-23(17-25(26)29)36-22-10-12-34(13-11-22)14-15-35/h2-9,16-18,22,30,35H,10-15H2,1H3,(H,31,32,33). The highest BCUT2D eigenvalue weighted by molar-refractivity contribution is 5.94. The van der Waals surface area contributed by atoms with Gasteiger partial charge in [-0.05, 0) is 42.7 Å². The molecular formula is C28H30FN5O2. The van der Waals surface area contributed by atoms with Crippen molar-refractivity contribution >= 4 is 28.2 Å². The van der Waals surface area contributed by atoms with Crippen LogP contribution in [-0.4, -0.2) is 59.4 Å². The molecular weight excluding hydrogens is 457 g/mol. The number of hydrogen-bond acceptors (Lipinski definition) is 7. The number of aliphatic hydroxyl groups is 1. The summed E-state index contributed by atoms with van der Waals surface area (Å²) in [5.41, 5.74) is 4.10. The van der Waals surface area contributed by atoms with Crippen molar-refractivity contribution < 1.29 is 14.2 Å². The average Bonchev–Trinajstić information content (AvgIpc) is 2.91. The summed E-state index contributed by atoms with van der Waals surface area (Å²) in [7, 11) is 1.89. The van der Waals surface area contributed by atoms with Crippen LogP contribution in [0.3, 0.4) is 0 Å². The van der Waals surface area contributed by atoms with Gasteiger partial charge in [0.15, 0.2) is 0 Å². The number of likely N-dealkylation sites (tertiary alicyclic amines) is 1. The van der Waals surface area contributed by atoms with Crippen LogP contribution in [0.2, 0.25) is 0 Å². The first kappa shape index (κ1) is 24.0. The number of nitrogens with one attached hydrogen (secondary N) is 2. The fourth-order valence-corrected chi connectivity index (χ4v) is 4.57. The first-order valence-electron chi connectivity index (χ1n) is 12.2. The third kappa shape index (κ3) is 5.40. The van der Waals surface area contributed by atoms with Gasteiger partial charge in [-0.1, -0.05) is 30.3 Å². The van der Waals surface area contributed by atoms with Crippen molar-refractivity contribution in [3.8, 4) is 16.9 Å². The lowest BCUT2D eigenvalue weighted by Gasteiger charge is -2.31. The van der Waals surface area contributed by atoms with Crippen LogP contribution in [0.5, 0.6) is 5.75 Å². The number of nitrogens with zero attached hydrogens (tertiary/aromatic N) is 3. The van der Waals surface area contributed by atoms with Crippen LogP contribution >= 0.6 is 0 Å². The normalized spacial score (nSPS) is 14.6. The van der Waals surface area contributed by atoms with Gasteiger partial charge in [0.2, 0.25) is 5.95 Å². The van der Waals surface area contributed by atoms with Gasteiger partial charge in [-0.25, -0.2) is 14.4 Å². The molecule has 4 aromatic rings. The molecule has 0 amide bonds. The van der Waals surface area contributed by atoms with E-state index in [-0.39, 0.29) is 18.4 Å². The van der Waals surface area contributed by atoms with Crippen LogP contribution in [-0.2, 0) is 0 Å². The average molecular weight is 488 g/mol. The van der Waals surface area contributed by atoms with Crippen molar-refractivity contribution in [2.45, 2.75) is 18.9 Å². The number of aliphatic hydroxyl groups excluding tert-OH is 1. The highest BCUT2D eigenvalue weighted by atomic mass is 19.1. The lowest BCUT2D eigenvalue weighted by molar-refractivity contribution is 0.0887. The largest absolute Gasteiger partial charge is 0.490 e. The molecule has 1 saturated heterocycles. The number of anilines is 3. The zero-order valence-electron chi connectivity index (χ0n) is 20.2. The summed E-state index contributed by atoms with van der Waals surface area (Å²) in [6, 6.07) is 18.9. The summed E-state index contributed by atoms with van der Waals surface area (Å²) in [6.07, 6.45) is 3.49. The van der Waals surface area contributed by atoms with E-state index in [0.29, 0.717) is 18.2 Å². The Morgan fingerprint density at radius 2 is 1.92 bits per heavy atom. The van der Waals surface area contributed by atoms with Crippen LogP contribution in [0.15, 0.2) is 66.9 Å². The molecule has 36 heavy (non-hydrogen) atoms. The van der Waals surface area contributed by atoms with E-state index >= 15 is 0 Å². The number of rotatable bonds is 8. The molecule has 3 N–H and O–H groups in total. The highest BCUT2D eigenvalue weighted by Gasteiger charge is 2.20. The highest BCUT2D eigenvalue weighted by Crippen LogP contribution is 2.30. The zero-order chi connectivity index (χ0) is 24.9. The van der Waals surface area contributed by atoms with E-state index in [2.05, 4.69) is 26.6 Å². The molecule has 1 aliphatic rings. The van der Waals surface area contributed by atoms with Crippen molar-refractivity contribution in [1.29, 1.82) is 0 Å². The number of benzene rings is 3. The lowest BCUT2D eigenvalue weighted by atomic mass is 10.0. The molecule has 0 aliphatic carbocycles. The maximum Gasteiger partial charge on any atom is 0.227 e. The molecule has 1 aromatic heterocycles. The second-order valence-electron chi connectivity index (χ2n) is 8.92. The van der Waals surface area contributed by atoms with Crippen LogP contribution in [0, 0.1) is 5.82 Å².